The quantitative estimate of drug-likeness (QED) is 0.743. The molecule has 1 fully saturated rings. The second-order valence-electron chi connectivity index (χ2n) is 4.03. The van der Waals surface area contributed by atoms with Crippen LogP contribution in [-0.4, -0.2) is 22.6 Å². The summed E-state index contributed by atoms with van der Waals surface area (Å²) in [6.07, 6.45) is -2.20. The van der Waals surface area contributed by atoms with Gasteiger partial charge in [-0.3, -0.25) is 0 Å². The molecule has 1 aromatic heterocycles. The van der Waals surface area contributed by atoms with Crippen LogP contribution in [0.2, 0.25) is 0 Å². The van der Waals surface area contributed by atoms with Crippen molar-refractivity contribution in [1.82, 2.24) is 9.97 Å². The summed E-state index contributed by atoms with van der Waals surface area (Å²) in [7, 11) is 0. The number of aryl methyl sites for hydroxylation is 1. The van der Waals surface area contributed by atoms with E-state index in [-0.39, 0.29) is 17.6 Å². The molecule has 0 saturated carbocycles. The van der Waals surface area contributed by atoms with E-state index in [0.29, 0.717) is 0 Å². The Morgan fingerprint density at radius 1 is 1.44 bits per heavy atom. The highest BCUT2D eigenvalue weighted by Crippen LogP contribution is 2.32. The summed E-state index contributed by atoms with van der Waals surface area (Å²) >= 11 is 0. The molecule has 1 saturated heterocycles. The lowest BCUT2D eigenvalue weighted by molar-refractivity contribution is -0.141. The summed E-state index contributed by atoms with van der Waals surface area (Å²) in [5.74, 6) is 0.177. The largest absolute Gasteiger partial charge is 0.433 e. The zero-order valence-corrected chi connectivity index (χ0v) is 9.04. The highest BCUT2D eigenvalue weighted by atomic mass is 19.4. The van der Waals surface area contributed by atoms with Crippen LogP contribution in [0.3, 0.4) is 0 Å². The Morgan fingerprint density at radius 2 is 2.12 bits per heavy atom. The van der Waals surface area contributed by atoms with Crippen LogP contribution in [0.5, 0.6) is 0 Å². The molecule has 0 aliphatic carbocycles. The van der Waals surface area contributed by atoms with E-state index in [4.69, 9.17) is 0 Å². The van der Waals surface area contributed by atoms with E-state index < -0.39 is 11.9 Å². The van der Waals surface area contributed by atoms with Gasteiger partial charge in [0, 0.05) is 18.8 Å². The van der Waals surface area contributed by atoms with Crippen molar-refractivity contribution in [2.45, 2.75) is 32.5 Å². The van der Waals surface area contributed by atoms with Crippen molar-refractivity contribution in [1.29, 1.82) is 0 Å². The van der Waals surface area contributed by atoms with Gasteiger partial charge in [0.15, 0.2) is 5.69 Å². The predicted molar refractivity (Wildman–Crippen MR) is 53.2 cm³/mol. The number of alkyl halides is 3. The van der Waals surface area contributed by atoms with Crippen LogP contribution in [0.4, 0.5) is 19.1 Å². The van der Waals surface area contributed by atoms with Crippen LogP contribution in [0.15, 0.2) is 6.20 Å². The summed E-state index contributed by atoms with van der Waals surface area (Å²) in [4.78, 5) is 9.32. The van der Waals surface area contributed by atoms with E-state index in [1.807, 2.05) is 6.92 Å². The van der Waals surface area contributed by atoms with Gasteiger partial charge in [0.2, 0.25) is 5.95 Å². The van der Waals surface area contributed by atoms with Gasteiger partial charge in [-0.2, -0.15) is 13.2 Å². The van der Waals surface area contributed by atoms with E-state index in [1.165, 1.54) is 13.1 Å². The third-order valence-electron chi connectivity index (χ3n) is 2.80. The zero-order chi connectivity index (χ0) is 11.9. The van der Waals surface area contributed by atoms with Crippen molar-refractivity contribution in [3.63, 3.8) is 0 Å². The number of hydrogen-bond donors (Lipinski definition) is 0. The molecular formula is C10H12F3N3. The minimum Gasteiger partial charge on any atom is -0.338 e. The molecule has 1 aromatic rings. The number of rotatable bonds is 1. The molecule has 1 aliphatic heterocycles. The van der Waals surface area contributed by atoms with Crippen molar-refractivity contribution >= 4 is 5.95 Å². The molecule has 0 unspecified atom stereocenters. The van der Waals surface area contributed by atoms with Crippen LogP contribution < -0.4 is 4.90 Å². The monoisotopic (exact) mass is 231 g/mol. The Bertz CT molecular complexity index is 403. The Kier molecular flexibility index (Phi) is 2.52. The molecule has 0 radical (unpaired) electrons. The highest BCUT2D eigenvalue weighted by Gasteiger charge is 2.36. The smallest absolute Gasteiger partial charge is 0.338 e. The van der Waals surface area contributed by atoms with Crippen molar-refractivity contribution in [3.8, 4) is 0 Å². The normalized spacial score (nSPS) is 20.8. The topological polar surface area (TPSA) is 29.0 Å². The number of hydrogen-bond acceptors (Lipinski definition) is 3. The predicted octanol–water partition coefficient (Wildman–Crippen LogP) is 2.40. The Labute approximate surface area is 91.3 Å². The van der Waals surface area contributed by atoms with E-state index in [1.54, 1.807) is 4.90 Å². The van der Waals surface area contributed by atoms with Crippen molar-refractivity contribution < 1.29 is 13.2 Å². The summed E-state index contributed by atoms with van der Waals surface area (Å²) in [5, 5.41) is 0. The van der Waals surface area contributed by atoms with E-state index in [0.717, 1.165) is 13.0 Å². The molecule has 0 amide bonds. The lowest BCUT2D eigenvalue weighted by Gasteiger charge is -2.38. The first-order chi connectivity index (χ1) is 7.39. The van der Waals surface area contributed by atoms with Gasteiger partial charge in [0.05, 0.1) is 0 Å². The van der Waals surface area contributed by atoms with Crippen LogP contribution in [0, 0.1) is 6.92 Å². The fourth-order valence-electron chi connectivity index (χ4n) is 1.67. The number of aromatic nitrogens is 2. The summed E-state index contributed by atoms with van der Waals surface area (Å²) in [6.45, 7) is 4.04. The zero-order valence-electron chi connectivity index (χ0n) is 9.04. The molecule has 2 rings (SSSR count). The molecule has 1 aliphatic rings. The van der Waals surface area contributed by atoms with Crippen molar-refractivity contribution in [2.24, 2.45) is 0 Å². The Hall–Kier alpha value is -1.33. The van der Waals surface area contributed by atoms with Crippen LogP contribution in [-0.2, 0) is 6.18 Å². The van der Waals surface area contributed by atoms with Gasteiger partial charge < -0.3 is 4.90 Å². The van der Waals surface area contributed by atoms with Crippen molar-refractivity contribution in [2.75, 3.05) is 11.4 Å². The van der Waals surface area contributed by atoms with Gasteiger partial charge in [-0.05, 0) is 25.8 Å². The molecule has 0 aromatic carbocycles. The molecule has 16 heavy (non-hydrogen) atoms. The Morgan fingerprint density at radius 3 is 2.56 bits per heavy atom. The Balaban J connectivity index is 2.36. The first-order valence-corrected chi connectivity index (χ1v) is 5.07. The maximum atomic E-state index is 12.6. The molecule has 0 N–H and O–H groups in total. The van der Waals surface area contributed by atoms with Crippen molar-refractivity contribution in [3.05, 3.63) is 17.5 Å². The summed E-state index contributed by atoms with van der Waals surface area (Å²) < 4.78 is 37.8. The third kappa shape index (κ3) is 1.83. The number of nitrogens with zero attached hydrogens (tertiary/aromatic N) is 3. The maximum Gasteiger partial charge on any atom is 0.433 e. The van der Waals surface area contributed by atoms with Gasteiger partial charge in [-0.25, -0.2) is 9.97 Å². The minimum atomic E-state index is -4.41. The first kappa shape index (κ1) is 11.2. The van der Waals surface area contributed by atoms with Crippen LogP contribution in [0.1, 0.15) is 24.6 Å². The van der Waals surface area contributed by atoms with Gasteiger partial charge in [0.1, 0.15) is 0 Å². The first-order valence-electron chi connectivity index (χ1n) is 5.07. The molecular weight excluding hydrogens is 219 g/mol. The van der Waals surface area contributed by atoms with Gasteiger partial charge >= 0.3 is 6.18 Å². The average molecular weight is 231 g/mol. The molecule has 0 bridgehead atoms. The summed E-state index contributed by atoms with van der Waals surface area (Å²) in [5.41, 5.74) is -0.777. The standard InChI is InChI=1S/C10H12F3N3/c1-6-5-14-9(16-4-3-7(16)2)15-8(6)10(11,12)13/h5,7H,3-4H2,1-2H3/t7-/m0/s1. The SMILES string of the molecule is Cc1cnc(N2CC[C@@H]2C)nc1C(F)(F)F. The second-order valence-corrected chi connectivity index (χ2v) is 4.03. The fourth-order valence-corrected chi connectivity index (χ4v) is 1.67. The number of anilines is 1. The molecule has 3 nitrogen and oxygen atoms in total. The minimum absolute atomic E-state index is 0.0597. The third-order valence-corrected chi connectivity index (χ3v) is 2.80. The molecule has 2 heterocycles. The highest BCUT2D eigenvalue weighted by molar-refractivity contribution is 5.37. The molecule has 1 atom stereocenters. The fraction of sp³-hybridized carbons (Fsp3) is 0.600. The molecule has 88 valence electrons. The lowest BCUT2D eigenvalue weighted by Crippen LogP contribution is -2.46. The molecule has 6 heteroatoms. The van der Waals surface area contributed by atoms with E-state index in [9.17, 15) is 13.2 Å². The van der Waals surface area contributed by atoms with Crippen LogP contribution >= 0.6 is 0 Å². The average Bonchev–Trinajstić information content (AvgIpc) is 2.17. The van der Waals surface area contributed by atoms with Gasteiger partial charge in [-0.1, -0.05) is 0 Å². The molecule has 0 spiro atoms. The number of halogens is 3. The van der Waals surface area contributed by atoms with E-state index >= 15 is 0 Å². The summed E-state index contributed by atoms with van der Waals surface area (Å²) in [6, 6.07) is 0.226. The van der Waals surface area contributed by atoms with Gasteiger partial charge in [-0.15, -0.1) is 0 Å². The van der Waals surface area contributed by atoms with E-state index in [2.05, 4.69) is 9.97 Å². The van der Waals surface area contributed by atoms with Crippen LogP contribution in [0.25, 0.3) is 0 Å². The lowest BCUT2D eigenvalue weighted by atomic mass is 10.1. The maximum absolute atomic E-state index is 12.6. The second kappa shape index (κ2) is 3.61. The van der Waals surface area contributed by atoms with Gasteiger partial charge in [0.25, 0.3) is 0 Å².